The molecule has 0 aliphatic rings. The van der Waals surface area contributed by atoms with Gasteiger partial charge in [0.2, 0.25) is 0 Å². The molecule has 6 heteroatoms. The number of halogens is 1. The predicted octanol–water partition coefficient (Wildman–Crippen LogP) is 2.82. The van der Waals surface area contributed by atoms with Crippen LogP contribution in [-0.2, 0) is 6.54 Å². The Kier molecular flexibility index (Phi) is 4.76. The van der Waals surface area contributed by atoms with Crippen molar-refractivity contribution in [1.29, 1.82) is 0 Å². The third-order valence-electron chi connectivity index (χ3n) is 3.31. The summed E-state index contributed by atoms with van der Waals surface area (Å²) in [5.41, 5.74) is 1.72. The third kappa shape index (κ3) is 4.13. The zero-order valence-electron chi connectivity index (χ0n) is 12.8. The Balaban J connectivity index is 1.65. The van der Waals surface area contributed by atoms with Gasteiger partial charge in [-0.05, 0) is 35.9 Å². The number of urea groups is 1. The second-order valence-electron chi connectivity index (χ2n) is 5.06. The number of amides is 2. The Morgan fingerprint density at radius 2 is 1.83 bits per heavy atom. The molecule has 1 aromatic heterocycles. The van der Waals surface area contributed by atoms with Crippen molar-refractivity contribution in [3.05, 3.63) is 89.8 Å². The summed E-state index contributed by atoms with van der Waals surface area (Å²) in [6, 6.07) is 16.8. The largest absolute Gasteiger partial charge is 0.341 e. The summed E-state index contributed by atoms with van der Waals surface area (Å²) < 4.78 is 14.5. The molecule has 0 spiro atoms. The fourth-order valence-corrected chi connectivity index (χ4v) is 2.09. The van der Waals surface area contributed by atoms with Crippen molar-refractivity contribution < 1.29 is 9.18 Å². The number of para-hydroxylation sites is 1. The highest BCUT2D eigenvalue weighted by Crippen LogP contribution is 2.03. The van der Waals surface area contributed by atoms with E-state index < -0.39 is 6.03 Å². The van der Waals surface area contributed by atoms with Crippen molar-refractivity contribution in [2.24, 2.45) is 4.99 Å². The number of rotatable bonds is 3. The van der Waals surface area contributed by atoms with Gasteiger partial charge in [-0.1, -0.05) is 30.3 Å². The van der Waals surface area contributed by atoms with Crippen molar-refractivity contribution in [2.45, 2.75) is 6.54 Å². The van der Waals surface area contributed by atoms with Crippen molar-refractivity contribution >= 4 is 6.03 Å². The molecular formula is C18H15FN4O. The van der Waals surface area contributed by atoms with Crippen LogP contribution in [0.3, 0.4) is 0 Å². The van der Waals surface area contributed by atoms with Crippen molar-refractivity contribution in [3.8, 4) is 5.69 Å². The predicted molar refractivity (Wildman–Crippen MR) is 87.8 cm³/mol. The highest BCUT2D eigenvalue weighted by Gasteiger charge is 1.99. The summed E-state index contributed by atoms with van der Waals surface area (Å²) in [5.74, 6) is -0.308. The number of nitrogens with zero attached hydrogens (tertiary/aromatic N) is 3. The molecule has 3 aromatic rings. The maximum atomic E-state index is 12.8. The van der Waals surface area contributed by atoms with Gasteiger partial charge in [-0.2, -0.15) is 10.1 Å². The molecule has 0 aliphatic carbocycles. The van der Waals surface area contributed by atoms with E-state index in [0.29, 0.717) is 5.36 Å². The van der Waals surface area contributed by atoms with Crippen LogP contribution in [-0.4, -0.2) is 15.8 Å². The number of benzene rings is 2. The molecule has 2 aromatic carbocycles. The average Bonchev–Trinajstić information content (AvgIpc) is 2.63. The average molecular weight is 322 g/mol. The standard InChI is InChI=1S/C18H15FN4O/c19-15-8-6-14(7-9-15)12-20-18(24)22-16-10-11-23(21-13-16)17-4-2-1-3-5-17/h1-11,13H,12H2,(H,20,24)/b22-16-. The SMILES string of the molecule is O=C(/N=c1/ccn(-c2ccccc2)nc1)NCc1ccc(F)cc1. The van der Waals surface area contributed by atoms with E-state index in [9.17, 15) is 9.18 Å². The van der Waals surface area contributed by atoms with Crippen LogP contribution in [0.2, 0.25) is 0 Å². The Morgan fingerprint density at radius 1 is 1.08 bits per heavy atom. The van der Waals surface area contributed by atoms with E-state index in [-0.39, 0.29) is 12.4 Å². The molecule has 0 bridgehead atoms. The molecule has 120 valence electrons. The van der Waals surface area contributed by atoms with Gasteiger partial charge in [0.25, 0.3) is 0 Å². The summed E-state index contributed by atoms with van der Waals surface area (Å²) in [6.07, 6.45) is 3.26. The molecule has 1 heterocycles. The molecule has 2 amide bonds. The summed E-state index contributed by atoms with van der Waals surface area (Å²) in [7, 11) is 0. The second-order valence-corrected chi connectivity index (χ2v) is 5.06. The Bertz CT molecular complexity index is 868. The van der Waals surface area contributed by atoms with Gasteiger partial charge in [0.15, 0.2) is 0 Å². The molecular weight excluding hydrogens is 307 g/mol. The lowest BCUT2D eigenvalue weighted by Crippen LogP contribution is -2.22. The first kappa shape index (κ1) is 15.6. The van der Waals surface area contributed by atoms with Gasteiger partial charge < -0.3 is 5.32 Å². The van der Waals surface area contributed by atoms with Gasteiger partial charge in [-0.3, -0.25) is 0 Å². The molecule has 0 unspecified atom stereocenters. The lowest BCUT2D eigenvalue weighted by molar-refractivity contribution is 0.248. The monoisotopic (exact) mass is 322 g/mol. The molecule has 24 heavy (non-hydrogen) atoms. The van der Waals surface area contributed by atoms with Gasteiger partial charge >= 0.3 is 6.03 Å². The first-order valence-corrected chi connectivity index (χ1v) is 7.38. The smallest absolute Gasteiger partial charge is 0.332 e. The highest BCUT2D eigenvalue weighted by molar-refractivity contribution is 5.74. The van der Waals surface area contributed by atoms with Gasteiger partial charge in [0.1, 0.15) is 5.82 Å². The lowest BCUT2D eigenvalue weighted by Gasteiger charge is -2.04. The van der Waals surface area contributed by atoms with Crippen molar-refractivity contribution in [2.75, 3.05) is 0 Å². The molecule has 1 N–H and O–H groups in total. The van der Waals surface area contributed by atoms with Crippen molar-refractivity contribution in [3.63, 3.8) is 0 Å². The van der Waals surface area contributed by atoms with E-state index in [1.165, 1.54) is 18.3 Å². The number of nitrogens with one attached hydrogen (secondary N) is 1. The molecule has 0 atom stereocenters. The van der Waals surface area contributed by atoms with Crippen LogP contribution in [0.25, 0.3) is 5.69 Å². The first-order valence-electron chi connectivity index (χ1n) is 7.38. The van der Waals surface area contributed by atoms with E-state index in [4.69, 9.17) is 0 Å². The summed E-state index contributed by atoms with van der Waals surface area (Å²) >= 11 is 0. The number of hydrogen-bond donors (Lipinski definition) is 1. The molecule has 0 radical (unpaired) electrons. The van der Waals surface area contributed by atoms with Gasteiger partial charge in [0.05, 0.1) is 17.2 Å². The molecule has 5 nitrogen and oxygen atoms in total. The maximum Gasteiger partial charge on any atom is 0.341 e. The third-order valence-corrected chi connectivity index (χ3v) is 3.31. The first-order chi connectivity index (χ1) is 11.7. The van der Waals surface area contributed by atoms with Gasteiger partial charge in [0, 0.05) is 12.7 Å². The molecule has 0 saturated carbocycles. The summed E-state index contributed by atoms with van der Waals surface area (Å²) in [4.78, 5) is 15.7. The van der Waals surface area contributed by atoms with E-state index in [0.717, 1.165) is 11.3 Å². The fourth-order valence-electron chi connectivity index (χ4n) is 2.09. The minimum absolute atomic E-state index is 0.285. The second kappa shape index (κ2) is 7.32. The van der Waals surface area contributed by atoms with Gasteiger partial charge in [-0.15, -0.1) is 0 Å². The zero-order chi connectivity index (χ0) is 16.8. The van der Waals surface area contributed by atoms with Crippen LogP contribution < -0.4 is 10.7 Å². The minimum Gasteiger partial charge on any atom is -0.332 e. The molecule has 3 rings (SSSR count). The molecule has 0 fully saturated rings. The highest BCUT2D eigenvalue weighted by atomic mass is 19.1. The normalized spacial score (nSPS) is 11.3. The van der Waals surface area contributed by atoms with Crippen LogP contribution in [0.15, 0.2) is 78.0 Å². The fraction of sp³-hybridized carbons (Fsp3) is 0.0556. The molecule has 0 aliphatic heterocycles. The van der Waals surface area contributed by atoms with Crippen LogP contribution in [0.1, 0.15) is 5.56 Å². The summed E-state index contributed by atoms with van der Waals surface area (Å²) in [6.45, 7) is 0.285. The Labute approximate surface area is 138 Å². The van der Waals surface area contributed by atoms with E-state index in [2.05, 4.69) is 15.4 Å². The lowest BCUT2D eigenvalue weighted by atomic mass is 10.2. The quantitative estimate of drug-likeness (QED) is 0.806. The van der Waals surface area contributed by atoms with Crippen LogP contribution >= 0.6 is 0 Å². The Hall–Kier alpha value is -3.28. The number of carbonyl (C=O) groups excluding carboxylic acids is 1. The van der Waals surface area contributed by atoms with E-state index in [1.54, 1.807) is 29.1 Å². The van der Waals surface area contributed by atoms with Crippen LogP contribution in [0.5, 0.6) is 0 Å². The maximum absolute atomic E-state index is 12.8. The summed E-state index contributed by atoms with van der Waals surface area (Å²) in [5, 5.41) is 7.34. The topological polar surface area (TPSA) is 59.3 Å². The van der Waals surface area contributed by atoms with Crippen LogP contribution in [0.4, 0.5) is 9.18 Å². The van der Waals surface area contributed by atoms with E-state index >= 15 is 0 Å². The Morgan fingerprint density at radius 3 is 2.50 bits per heavy atom. The number of carbonyl (C=O) groups is 1. The number of aromatic nitrogens is 2. The zero-order valence-corrected chi connectivity index (χ0v) is 12.8. The van der Waals surface area contributed by atoms with Crippen molar-refractivity contribution in [1.82, 2.24) is 15.1 Å². The molecule has 0 saturated heterocycles. The van der Waals surface area contributed by atoms with Crippen LogP contribution in [0, 0.1) is 5.82 Å². The van der Waals surface area contributed by atoms with Gasteiger partial charge in [-0.25, -0.2) is 13.9 Å². The number of hydrogen-bond acceptors (Lipinski definition) is 2. The van der Waals surface area contributed by atoms with E-state index in [1.807, 2.05) is 30.3 Å². The minimum atomic E-state index is -0.474.